The smallest absolute Gasteiger partial charge is 0.214 e. The first-order valence-electron chi connectivity index (χ1n) is 7.82. The van der Waals surface area contributed by atoms with Crippen molar-refractivity contribution in [1.82, 2.24) is 9.62 Å². The Morgan fingerprint density at radius 1 is 1.19 bits per heavy atom. The molecule has 0 aromatic heterocycles. The maximum atomic E-state index is 11.9. The van der Waals surface area contributed by atoms with E-state index in [4.69, 9.17) is 0 Å². The summed E-state index contributed by atoms with van der Waals surface area (Å²) in [4.78, 5) is 2.41. The number of piperidine rings is 1. The Morgan fingerprint density at radius 2 is 1.90 bits per heavy atom. The van der Waals surface area contributed by atoms with Gasteiger partial charge >= 0.3 is 0 Å². The highest BCUT2D eigenvalue weighted by molar-refractivity contribution is 7.90. The monoisotopic (exact) mass is 308 g/mol. The first kappa shape index (κ1) is 15.0. The molecule has 1 aliphatic carbocycles. The molecule has 0 radical (unpaired) electrons. The van der Waals surface area contributed by atoms with Crippen molar-refractivity contribution < 1.29 is 8.42 Å². The van der Waals surface area contributed by atoms with Gasteiger partial charge in [-0.05, 0) is 38.2 Å². The highest BCUT2D eigenvalue weighted by Gasteiger charge is 2.37. The Hall–Kier alpha value is -0.910. The van der Waals surface area contributed by atoms with Crippen LogP contribution in [0.4, 0.5) is 0 Å². The van der Waals surface area contributed by atoms with Crippen LogP contribution >= 0.6 is 0 Å². The third-order valence-electron chi connectivity index (χ3n) is 4.37. The topological polar surface area (TPSA) is 49.4 Å². The summed E-state index contributed by atoms with van der Waals surface area (Å²) in [5, 5.41) is -0.108. The van der Waals surface area contributed by atoms with Crippen molar-refractivity contribution in [3.63, 3.8) is 0 Å². The first-order chi connectivity index (χ1) is 10.0. The average Bonchev–Trinajstić information content (AvgIpc) is 3.25. The van der Waals surface area contributed by atoms with Crippen LogP contribution in [0, 0.1) is 6.92 Å². The normalized spacial score (nSPS) is 21.6. The van der Waals surface area contributed by atoms with E-state index in [1.165, 1.54) is 11.1 Å². The lowest BCUT2D eigenvalue weighted by molar-refractivity contribution is 0.200. The molecule has 116 valence electrons. The summed E-state index contributed by atoms with van der Waals surface area (Å²) >= 11 is 0. The van der Waals surface area contributed by atoms with Crippen molar-refractivity contribution in [2.75, 3.05) is 13.1 Å². The largest absolute Gasteiger partial charge is 0.299 e. The molecule has 5 heteroatoms. The highest BCUT2D eigenvalue weighted by Crippen LogP contribution is 2.28. The number of nitrogens with one attached hydrogen (secondary N) is 1. The van der Waals surface area contributed by atoms with Crippen molar-refractivity contribution in [2.45, 2.75) is 50.4 Å². The minimum atomic E-state index is -3.04. The second-order valence-electron chi connectivity index (χ2n) is 6.40. The average molecular weight is 308 g/mol. The summed E-state index contributed by atoms with van der Waals surface area (Å²) in [6.07, 6.45) is 3.50. The second kappa shape index (κ2) is 6.07. The fourth-order valence-corrected chi connectivity index (χ4v) is 4.63. The van der Waals surface area contributed by atoms with E-state index in [1.807, 2.05) is 0 Å². The summed E-state index contributed by atoms with van der Waals surface area (Å²) in [5.41, 5.74) is 2.63. The molecular formula is C16H24N2O2S. The summed E-state index contributed by atoms with van der Waals surface area (Å²) in [5.74, 6) is 0. The molecule has 21 heavy (non-hydrogen) atoms. The van der Waals surface area contributed by atoms with Gasteiger partial charge in [-0.1, -0.05) is 29.8 Å². The second-order valence-corrected chi connectivity index (χ2v) is 8.39. The number of aryl methyl sites for hydroxylation is 1. The molecule has 0 atom stereocenters. The van der Waals surface area contributed by atoms with Gasteiger partial charge in [-0.15, -0.1) is 0 Å². The van der Waals surface area contributed by atoms with Crippen LogP contribution in [0.3, 0.4) is 0 Å². The van der Waals surface area contributed by atoms with Crippen molar-refractivity contribution in [2.24, 2.45) is 0 Å². The van der Waals surface area contributed by atoms with Gasteiger partial charge < -0.3 is 0 Å². The molecule has 1 aliphatic heterocycles. The van der Waals surface area contributed by atoms with Crippen LogP contribution < -0.4 is 4.72 Å². The maximum absolute atomic E-state index is 11.9. The van der Waals surface area contributed by atoms with Crippen LogP contribution in [0.25, 0.3) is 0 Å². The third kappa shape index (κ3) is 4.05. The van der Waals surface area contributed by atoms with Gasteiger partial charge in [0.15, 0.2) is 0 Å². The predicted molar refractivity (Wildman–Crippen MR) is 84.6 cm³/mol. The van der Waals surface area contributed by atoms with Gasteiger partial charge in [-0.25, -0.2) is 13.1 Å². The lowest BCUT2D eigenvalue weighted by atomic mass is 10.0. The molecule has 1 heterocycles. The number of nitrogens with zero attached hydrogens (tertiary/aromatic N) is 1. The Bertz CT molecular complexity index is 588. The lowest BCUT2D eigenvalue weighted by Crippen LogP contribution is -2.45. The number of likely N-dealkylation sites (tertiary alicyclic amines) is 1. The number of hydrogen-bond acceptors (Lipinski definition) is 3. The van der Waals surface area contributed by atoms with Crippen LogP contribution in [0.15, 0.2) is 24.3 Å². The van der Waals surface area contributed by atoms with Crippen molar-refractivity contribution in [1.29, 1.82) is 0 Å². The number of benzene rings is 1. The lowest BCUT2D eigenvalue weighted by Gasteiger charge is -2.32. The van der Waals surface area contributed by atoms with E-state index in [-0.39, 0.29) is 11.3 Å². The minimum Gasteiger partial charge on any atom is -0.299 e. The van der Waals surface area contributed by atoms with Crippen LogP contribution in [-0.4, -0.2) is 37.7 Å². The predicted octanol–water partition coefficient (Wildman–Crippen LogP) is 2.04. The first-order valence-corrected chi connectivity index (χ1v) is 9.36. The molecule has 3 rings (SSSR count). The van der Waals surface area contributed by atoms with Gasteiger partial charge in [-0.3, -0.25) is 4.90 Å². The molecule has 2 fully saturated rings. The molecule has 1 N–H and O–H groups in total. The van der Waals surface area contributed by atoms with Crippen molar-refractivity contribution >= 4 is 10.0 Å². The zero-order valence-corrected chi connectivity index (χ0v) is 13.4. The standard InChI is InChI=1S/C16H24N2O2S/c1-13-3-2-4-14(11-13)12-18-9-7-15(8-10-18)17-21(19,20)16-5-6-16/h2-4,11,15-17H,5-10,12H2,1H3. The Kier molecular flexibility index (Phi) is 4.33. The van der Waals surface area contributed by atoms with Crippen LogP contribution in [0.2, 0.25) is 0 Å². The fourth-order valence-electron chi connectivity index (χ4n) is 2.98. The molecule has 0 spiro atoms. The maximum Gasteiger partial charge on any atom is 0.214 e. The minimum absolute atomic E-state index is 0.108. The van der Waals surface area contributed by atoms with Crippen molar-refractivity contribution in [3.05, 3.63) is 35.4 Å². The van der Waals surface area contributed by atoms with Gasteiger partial charge in [0, 0.05) is 25.7 Å². The number of sulfonamides is 1. The van der Waals surface area contributed by atoms with Gasteiger partial charge in [0.2, 0.25) is 10.0 Å². The third-order valence-corrected chi connectivity index (χ3v) is 6.38. The summed E-state index contributed by atoms with van der Waals surface area (Å²) in [6, 6.07) is 8.73. The highest BCUT2D eigenvalue weighted by atomic mass is 32.2. The van der Waals surface area contributed by atoms with Crippen LogP contribution in [0.5, 0.6) is 0 Å². The summed E-state index contributed by atoms with van der Waals surface area (Å²) in [7, 11) is -3.04. The molecule has 4 nitrogen and oxygen atoms in total. The molecule has 1 saturated carbocycles. The SMILES string of the molecule is Cc1cccc(CN2CCC(NS(=O)(=O)C3CC3)CC2)c1. The molecule has 1 saturated heterocycles. The Labute approximate surface area is 127 Å². The van der Waals surface area contributed by atoms with Gasteiger partial charge in [0.25, 0.3) is 0 Å². The van der Waals surface area contributed by atoms with E-state index in [0.717, 1.165) is 45.3 Å². The molecular weight excluding hydrogens is 284 g/mol. The zero-order chi connectivity index (χ0) is 14.9. The zero-order valence-electron chi connectivity index (χ0n) is 12.6. The van der Waals surface area contributed by atoms with Crippen LogP contribution in [0.1, 0.15) is 36.8 Å². The van der Waals surface area contributed by atoms with Gasteiger partial charge in [0.1, 0.15) is 0 Å². The van der Waals surface area contributed by atoms with E-state index in [9.17, 15) is 8.42 Å². The van der Waals surface area contributed by atoms with Gasteiger partial charge in [0.05, 0.1) is 5.25 Å². The van der Waals surface area contributed by atoms with Crippen LogP contribution in [-0.2, 0) is 16.6 Å². The molecule has 2 aliphatic rings. The van der Waals surface area contributed by atoms with E-state index in [2.05, 4.69) is 40.8 Å². The van der Waals surface area contributed by atoms with Gasteiger partial charge in [-0.2, -0.15) is 0 Å². The molecule has 0 amide bonds. The van der Waals surface area contributed by atoms with E-state index in [0.29, 0.717) is 0 Å². The number of rotatable bonds is 5. The van der Waals surface area contributed by atoms with E-state index in [1.54, 1.807) is 0 Å². The Morgan fingerprint density at radius 3 is 2.52 bits per heavy atom. The fraction of sp³-hybridized carbons (Fsp3) is 0.625. The molecule has 1 aromatic rings. The molecule has 0 unspecified atom stereocenters. The summed E-state index contributed by atoms with van der Waals surface area (Å²) < 4.78 is 26.8. The Balaban J connectivity index is 1.49. The summed E-state index contributed by atoms with van der Waals surface area (Å²) in [6.45, 7) is 5.00. The quantitative estimate of drug-likeness (QED) is 0.905. The molecule has 1 aromatic carbocycles. The van der Waals surface area contributed by atoms with E-state index >= 15 is 0 Å². The van der Waals surface area contributed by atoms with E-state index < -0.39 is 10.0 Å². The number of hydrogen-bond donors (Lipinski definition) is 1. The molecule has 0 bridgehead atoms. The van der Waals surface area contributed by atoms with Crippen molar-refractivity contribution in [3.8, 4) is 0 Å².